The fourth-order valence-corrected chi connectivity index (χ4v) is 3.48. The third kappa shape index (κ3) is 3.10. The van der Waals surface area contributed by atoms with Gasteiger partial charge in [0.25, 0.3) is 11.9 Å². The lowest BCUT2D eigenvalue weighted by Gasteiger charge is -2.09. The molecule has 31 heavy (non-hydrogen) atoms. The number of hydrogen-bond acceptors (Lipinski definition) is 8. The number of anilines is 2. The number of para-hydroxylation sites is 2. The van der Waals surface area contributed by atoms with E-state index in [1.807, 2.05) is 50.5 Å². The van der Waals surface area contributed by atoms with Crippen LogP contribution in [0, 0.1) is 0 Å². The van der Waals surface area contributed by atoms with Crippen LogP contribution in [0.15, 0.2) is 57.6 Å². The number of nitrogen functional groups attached to an aromatic ring is 1. The first kappa shape index (κ1) is 18.9. The van der Waals surface area contributed by atoms with Crippen molar-refractivity contribution in [1.82, 2.24) is 24.9 Å². The molecule has 0 bridgehead atoms. The van der Waals surface area contributed by atoms with Gasteiger partial charge in [0.1, 0.15) is 11.3 Å². The fraction of sp³-hybridized carbons (Fsp3) is 0.182. The highest BCUT2D eigenvalue weighted by atomic mass is 16.5. The normalized spacial score (nSPS) is 11.3. The summed E-state index contributed by atoms with van der Waals surface area (Å²) in [4.78, 5) is 10.9. The number of aryl methyl sites for hydroxylation is 1. The van der Waals surface area contributed by atoms with Crippen LogP contribution < -0.4 is 10.6 Å². The average Bonchev–Trinajstić information content (AvgIpc) is 3.51. The monoisotopic (exact) mass is 415 g/mol. The first-order valence-corrected chi connectivity index (χ1v) is 9.90. The van der Waals surface area contributed by atoms with Crippen molar-refractivity contribution in [3.8, 4) is 28.5 Å². The summed E-state index contributed by atoms with van der Waals surface area (Å²) >= 11 is 0. The average molecular weight is 415 g/mol. The van der Waals surface area contributed by atoms with E-state index in [0.29, 0.717) is 45.8 Å². The first-order chi connectivity index (χ1) is 15.1. The van der Waals surface area contributed by atoms with Gasteiger partial charge >= 0.3 is 0 Å². The van der Waals surface area contributed by atoms with E-state index in [-0.39, 0.29) is 0 Å². The Morgan fingerprint density at radius 2 is 1.87 bits per heavy atom. The Hall–Kier alpha value is -4.14. The summed E-state index contributed by atoms with van der Waals surface area (Å²) in [6.45, 7) is 2.09. The number of fused-ring (bicyclic) bond motifs is 1. The zero-order valence-corrected chi connectivity index (χ0v) is 17.4. The number of aromatic nitrogens is 5. The molecule has 0 atom stereocenters. The van der Waals surface area contributed by atoms with Crippen LogP contribution in [-0.4, -0.2) is 39.0 Å². The molecule has 0 saturated carbocycles. The van der Waals surface area contributed by atoms with E-state index in [0.717, 1.165) is 17.7 Å². The molecule has 0 aliphatic heterocycles. The van der Waals surface area contributed by atoms with Gasteiger partial charge in [-0.2, -0.15) is 15.1 Å². The van der Waals surface area contributed by atoms with E-state index in [9.17, 15) is 0 Å². The Bertz CT molecular complexity index is 1380. The van der Waals surface area contributed by atoms with Gasteiger partial charge in [0.05, 0.1) is 23.0 Å². The fourth-order valence-electron chi connectivity index (χ4n) is 3.48. The molecule has 0 aliphatic carbocycles. The summed E-state index contributed by atoms with van der Waals surface area (Å²) in [5.74, 6) is 1.14. The molecular formula is C22H21N7O2. The van der Waals surface area contributed by atoms with Gasteiger partial charge in [-0.05, 0) is 30.2 Å². The van der Waals surface area contributed by atoms with Crippen molar-refractivity contribution in [3.63, 3.8) is 0 Å². The number of oxazole rings is 1. The quantitative estimate of drug-likeness (QED) is 0.459. The Kier molecular flexibility index (Phi) is 4.43. The first-order valence-electron chi connectivity index (χ1n) is 9.90. The Morgan fingerprint density at radius 1 is 1.03 bits per heavy atom. The standard InChI is InChI=1S/C22H21N7O2/c1-4-13-8-5-6-10-16(13)29-19(23)15(12-24-29)20-26-21(31-27-20)14-9-7-11-17-18(14)25-22(30-17)28(2)3/h5-12H,4,23H2,1-3H3. The van der Waals surface area contributed by atoms with Gasteiger partial charge in [0.15, 0.2) is 5.58 Å². The van der Waals surface area contributed by atoms with E-state index in [1.54, 1.807) is 15.8 Å². The van der Waals surface area contributed by atoms with Gasteiger partial charge in [0.2, 0.25) is 5.82 Å². The number of nitrogens with two attached hydrogens (primary N) is 1. The molecule has 0 amide bonds. The van der Waals surface area contributed by atoms with Crippen molar-refractivity contribution in [2.45, 2.75) is 13.3 Å². The highest BCUT2D eigenvalue weighted by Gasteiger charge is 2.21. The maximum atomic E-state index is 6.41. The number of hydrogen-bond donors (Lipinski definition) is 1. The third-order valence-electron chi connectivity index (χ3n) is 5.09. The SMILES string of the molecule is CCc1ccccc1-n1ncc(-c2noc(-c3cccc4oc(N(C)C)nc34)n2)c1N. The molecule has 2 N–H and O–H groups in total. The van der Waals surface area contributed by atoms with E-state index in [1.165, 1.54) is 0 Å². The van der Waals surface area contributed by atoms with Crippen LogP contribution in [0.1, 0.15) is 12.5 Å². The van der Waals surface area contributed by atoms with Crippen molar-refractivity contribution < 1.29 is 8.94 Å². The predicted octanol–water partition coefficient (Wildman–Crippen LogP) is 3.94. The van der Waals surface area contributed by atoms with Crippen LogP contribution in [0.5, 0.6) is 0 Å². The van der Waals surface area contributed by atoms with Crippen molar-refractivity contribution in [2.24, 2.45) is 0 Å². The second-order valence-corrected chi connectivity index (χ2v) is 7.30. The smallest absolute Gasteiger partial charge is 0.297 e. The Labute approximate surface area is 178 Å². The molecule has 9 nitrogen and oxygen atoms in total. The van der Waals surface area contributed by atoms with Crippen molar-refractivity contribution >= 4 is 22.9 Å². The van der Waals surface area contributed by atoms with E-state index in [4.69, 9.17) is 14.7 Å². The van der Waals surface area contributed by atoms with Crippen LogP contribution in [0.4, 0.5) is 11.8 Å². The maximum Gasteiger partial charge on any atom is 0.297 e. The Balaban J connectivity index is 1.56. The number of nitrogens with zero attached hydrogens (tertiary/aromatic N) is 6. The van der Waals surface area contributed by atoms with E-state index < -0.39 is 0 Å². The minimum absolute atomic E-state index is 0.334. The third-order valence-corrected chi connectivity index (χ3v) is 5.09. The van der Waals surface area contributed by atoms with Crippen molar-refractivity contribution in [2.75, 3.05) is 24.7 Å². The molecule has 5 aromatic rings. The summed E-state index contributed by atoms with van der Waals surface area (Å²) in [7, 11) is 3.73. The molecule has 156 valence electrons. The zero-order chi connectivity index (χ0) is 21.5. The van der Waals surface area contributed by atoms with Crippen molar-refractivity contribution in [3.05, 3.63) is 54.2 Å². The summed E-state index contributed by atoms with van der Waals surface area (Å²) in [5.41, 5.74) is 11.1. The van der Waals surface area contributed by atoms with Crippen LogP contribution in [0.2, 0.25) is 0 Å². The van der Waals surface area contributed by atoms with Gasteiger partial charge in [-0.3, -0.25) is 0 Å². The minimum atomic E-state index is 0.334. The zero-order valence-electron chi connectivity index (χ0n) is 17.4. The molecule has 9 heteroatoms. The van der Waals surface area contributed by atoms with Gasteiger partial charge in [-0.1, -0.05) is 36.3 Å². The molecule has 0 radical (unpaired) electrons. The van der Waals surface area contributed by atoms with Crippen LogP contribution in [0.3, 0.4) is 0 Å². The molecule has 0 saturated heterocycles. The molecule has 0 aliphatic rings. The van der Waals surface area contributed by atoms with Gasteiger partial charge in [-0.25, -0.2) is 4.68 Å². The largest absolute Gasteiger partial charge is 0.423 e. The van der Waals surface area contributed by atoms with E-state index >= 15 is 0 Å². The minimum Gasteiger partial charge on any atom is -0.423 e. The lowest BCUT2D eigenvalue weighted by atomic mass is 10.1. The second-order valence-electron chi connectivity index (χ2n) is 7.30. The molecule has 0 spiro atoms. The number of rotatable bonds is 5. The summed E-state index contributed by atoms with van der Waals surface area (Å²) < 4.78 is 13.0. The highest BCUT2D eigenvalue weighted by Crippen LogP contribution is 2.32. The topological polar surface area (TPSA) is 112 Å². The van der Waals surface area contributed by atoms with Crippen LogP contribution in [0.25, 0.3) is 39.6 Å². The molecule has 0 fully saturated rings. The van der Waals surface area contributed by atoms with Gasteiger partial charge in [-0.15, -0.1) is 0 Å². The molecule has 3 aromatic heterocycles. The highest BCUT2D eigenvalue weighted by molar-refractivity contribution is 5.89. The second kappa shape index (κ2) is 7.28. The molecule has 5 rings (SSSR count). The summed E-state index contributed by atoms with van der Waals surface area (Å²) in [6, 6.07) is 14.1. The number of benzene rings is 2. The molecule has 3 heterocycles. The van der Waals surface area contributed by atoms with Gasteiger partial charge < -0.3 is 19.6 Å². The lowest BCUT2D eigenvalue weighted by molar-refractivity contribution is 0.432. The summed E-state index contributed by atoms with van der Waals surface area (Å²) in [6.07, 6.45) is 2.52. The van der Waals surface area contributed by atoms with Crippen molar-refractivity contribution in [1.29, 1.82) is 0 Å². The van der Waals surface area contributed by atoms with E-state index in [2.05, 4.69) is 33.2 Å². The lowest BCUT2D eigenvalue weighted by Crippen LogP contribution is -2.08. The molecule has 2 aromatic carbocycles. The molecule has 0 unspecified atom stereocenters. The summed E-state index contributed by atoms with van der Waals surface area (Å²) in [5, 5.41) is 8.60. The van der Waals surface area contributed by atoms with Gasteiger partial charge in [0, 0.05) is 14.1 Å². The van der Waals surface area contributed by atoms with Crippen LogP contribution >= 0.6 is 0 Å². The molecular weight excluding hydrogens is 394 g/mol. The Morgan fingerprint density at radius 3 is 2.68 bits per heavy atom. The maximum absolute atomic E-state index is 6.41. The van der Waals surface area contributed by atoms with Crippen LogP contribution in [-0.2, 0) is 6.42 Å². The predicted molar refractivity (Wildman–Crippen MR) is 118 cm³/mol.